The summed E-state index contributed by atoms with van der Waals surface area (Å²) in [4.78, 5) is 31.7. The summed E-state index contributed by atoms with van der Waals surface area (Å²) in [5.74, 6) is 1.32. The van der Waals surface area contributed by atoms with Gasteiger partial charge >= 0.3 is 0 Å². The number of piperazine rings is 1. The minimum Gasteiger partial charge on any atom is -0.368 e. The summed E-state index contributed by atoms with van der Waals surface area (Å²) in [6.07, 6.45) is 8.57. The Kier molecular flexibility index (Phi) is 7.03. The van der Waals surface area contributed by atoms with E-state index in [0.29, 0.717) is 18.1 Å². The highest BCUT2D eigenvalue weighted by molar-refractivity contribution is 8.13. The molecule has 1 aliphatic carbocycles. The van der Waals surface area contributed by atoms with E-state index in [1.807, 2.05) is 9.80 Å². The number of hydrogen-bond acceptors (Lipinski definition) is 4. The number of para-hydroxylation sites is 1. The summed E-state index contributed by atoms with van der Waals surface area (Å²) < 4.78 is 0. The fourth-order valence-corrected chi connectivity index (χ4v) is 5.75. The first-order chi connectivity index (χ1) is 14.6. The van der Waals surface area contributed by atoms with Crippen LogP contribution in [0.3, 0.4) is 0 Å². The average molecular weight is 428 g/mol. The molecule has 0 radical (unpaired) electrons. The Morgan fingerprint density at radius 1 is 1.03 bits per heavy atom. The molecule has 2 saturated heterocycles. The third-order valence-corrected chi connectivity index (χ3v) is 7.50. The highest BCUT2D eigenvalue weighted by Crippen LogP contribution is 2.36. The van der Waals surface area contributed by atoms with Gasteiger partial charge in [0.2, 0.25) is 5.91 Å². The quantitative estimate of drug-likeness (QED) is 0.701. The predicted molar refractivity (Wildman–Crippen MR) is 124 cm³/mol. The molecular weight excluding hydrogens is 394 g/mol. The first kappa shape index (κ1) is 21.3. The number of fused-ring (bicyclic) bond motifs is 1. The molecule has 5 nitrogen and oxygen atoms in total. The summed E-state index contributed by atoms with van der Waals surface area (Å²) in [5, 5.41) is 0.130. The van der Waals surface area contributed by atoms with Crippen molar-refractivity contribution in [1.82, 2.24) is 9.80 Å². The number of carbonyl (C=O) groups excluding carboxylic acids is 2. The molecule has 0 bridgehead atoms. The van der Waals surface area contributed by atoms with Crippen LogP contribution >= 0.6 is 11.8 Å². The molecule has 0 N–H and O–H groups in total. The van der Waals surface area contributed by atoms with E-state index >= 15 is 0 Å². The predicted octanol–water partition coefficient (Wildman–Crippen LogP) is 4.67. The van der Waals surface area contributed by atoms with Crippen molar-refractivity contribution >= 4 is 28.6 Å². The molecule has 2 amide bonds. The van der Waals surface area contributed by atoms with Crippen molar-refractivity contribution in [2.45, 2.75) is 45.4 Å². The van der Waals surface area contributed by atoms with Crippen molar-refractivity contribution in [2.75, 3.05) is 43.4 Å². The average Bonchev–Trinajstić information content (AvgIpc) is 2.79. The first-order valence-electron chi connectivity index (χ1n) is 11.4. The van der Waals surface area contributed by atoms with Crippen LogP contribution in [-0.4, -0.2) is 59.4 Å². The fourth-order valence-electron chi connectivity index (χ4n) is 4.95. The largest absolute Gasteiger partial charge is 0.368 e. The number of likely N-dealkylation sites (tertiary alicyclic amines) is 1. The standard InChI is InChI=1S/C24H33N3O2S/c1-19-7-2-4-10-21(19)25-14-16-26(17-15-25)23(28)12-18-30-24(29)27-13-6-9-20-8-3-5-11-22(20)27/h2,4,7,10-11,20H,3,5-6,8-9,12-18H2,1H3. The van der Waals surface area contributed by atoms with E-state index in [-0.39, 0.29) is 11.1 Å². The van der Waals surface area contributed by atoms with Crippen LogP contribution in [0.2, 0.25) is 0 Å². The Bertz CT molecular complexity index is 801. The lowest BCUT2D eigenvalue weighted by Gasteiger charge is -2.38. The van der Waals surface area contributed by atoms with E-state index in [4.69, 9.17) is 0 Å². The number of anilines is 1. The van der Waals surface area contributed by atoms with Crippen LogP contribution in [0.5, 0.6) is 0 Å². The molecule has 2 fully saturated rings. The van der Waals surface area contributed by atoms with Gasteiger partial charge in [-0.25, -0.2) is 0 Å². The Morgan fingerprint density at radius 3 is 2.60 bits per heavy atom. The third kappa shape index (κ3) is 4.85. The molecule has 1 atom stereocenters. The minimum absolute atomic E-state index is 0.130. The molecule has 30 heavy (non-hydrogen) atoms. The monoisotopic (exact) mass is 427 g/mol. The topological polar surface area (TPSA) is 43.9 Å². The van der Waals surface area contributed by atoms with Crippen molar-refractivity contribution in [3.8, 4) is 0 Å². The van der Waals surface area contributed by atoms with E-state index in [9.17, 15) is 9.59 Å². The van der Waals surface area contributed by atoms with Gasteiger partial charge in [-0.15, -0.1) is 0 Å². The molecule has 162 valence electrons. The number of aryl methyl sites for hydroxylation is 1. The lowest BCUT2D eigenvalue weighted by Crippen LogP contribution is -2.49. The number of nitrogens with zero attached hydrogens (tertiary/aromatic N) is 3. The molecule has 6 heteroatoms. The summed E-state index contributed by atoms with van der Waals surface area (Å²) in [6, 6.07) is 8.42. The lowest BCUT2D eigenvalue weighted by molar-refractivity contribution is -0.131. The van der Waals surface area contributed by atoms with Gasteiger partial charge < -0.3 is 14.7 Å². The molecular formula is C24H33N3O2S. The highest BCUT2D eigenvalue weighted by Gasteiger charge is 2.30. The van der Waals surface area contributed by atoms with Crippen LogP contribution in [0.25, 0.3) is 0 Å². The van der Waals surface area contributed by atoms with Crippen LogP contribution in [0.1, 0.15) is 44.1 Å². The Hall–Kier alpha value is -1.95. The number of carbonyl (C=O) groups is 2. The maximum atomic E-state index is 12.8. The normalized spacial score (nSPS) is 21.8. The number of rotatable bonds is 4. The van der Waals surface area contributed by atoms with Crippen LogP contribution in [0.15, 0.2) is 36.0 Å². The van der Waals surface area contributed by atoms with E-state index < -0.39 is 0 Å². The van der Waals surface area contributed by atoms with Crippen molar-refractivity contribution in [2.24, 2.45) is 5.92 Å². The number of benzene rings is 1. The van der Waals surface area contributed by atoms with E-state index in [2.05, 4.69) is 42.2 Å². The second kappa shape index (κ2) is 9.90. The molecule has 3 aliphatic rings. The van der Waals surface area contributed by atoms with E-state index in [1.165, 1.54) is 48.0 Å². The van der Waals surface area contributed by atoms with Gasteiger partial charge in [-0.1, -0.05) is 36.0 Å². The number of piperidine rings is 1. The maximum absolute atomic E-state index is 12.8. The number of amides is 2. The van der Waals surface area contributed by atoms with Crippen molar-refractivity contribution in [3.63, 3.8) is 0 Å². The zero-order chi connectivity index (χ0) is 20.9. The zero-order valence-corrected chi connectivity index (χ0v) is 18.8. The molecule has 4 rings (SSSR count). The summed E-state index contributed by atoms with van der Waals surface area (Å²) >= 11 is 1.32. The molecule has 1 aromatic rings. The van der Waals surface area contributed by atoms with Gasteiger partial charge in [-0.05, 0) is 56.6 Å². The van der Waals surface area contributed by atoms with Crippen LogP contribution in [-0.2, 0) is 4.79 Å². The summed E-state index contributed by atoms with van der Waals surface area (Å²) in [6.45, 7) is 6.22. The van der Waals surface area contributed by atoms with Gasteiger partial charge in [0.05, 0.1) is 0 Å². The van der Waals surface area contributed by atoms with Crippen LogP contribution in [0.4, 0.5) is 10.5 Å². The van der Waals surface area contributed by atoms with Gasteiger partial charge in [-0.2, -0.15) is 0 Å². The fraction of sp³-hybridized carbons (Fsp3) is 0.583. The van der Waals surface area contributed by atoms with E-state index in [0.717, 1.165) is 45.6 Å². The minimum atomic E-state index is 0.130. The summed E-state index contributed by atoms with van der Waals surface area (Å²) in [5.41, 5.74) is 3.80. The molecule has 0 aromatic heterocycles. The number of hydrogen-bond donors (Lipinski definition) is 0. The van der Waals surface area contributed by atoms with Gasteiger partial charge in [0.1, 0.15) is 0 Å². The zero-order valence-electron chi connectivity index (χ0n) is 18.0. The van der Waals surface area contributed by atoms with Gasteiger partial charge in [0.25, 0.3) is 5.24 Å². The van der Waals surface area contributed by atoms with Gasteiger partial charge in [-0.3, -0.25) is 9.59 Å². The molecule has 1 unspecified atom stereocenters. The number of thioether (sulfide) groups is 1. The van der Waals surface area contributed by atoms with Crippen molar-refractivity contribution in [3.05, 3.63) is 41.6 Å². The molecule has 2 aliphatic heterocycles. The highest BCUT2D eigenvalue weighted by atomic mass is 32.2. The van der Waals surface area contributed by atoms with Crippen molar-refractivity contribution < 1.29 is 9.59 Å². The molecule has 2 heterocycles. The Morgan fingerprint density at radius 2 is 1.80 bits per heavy atom. The van der Waals surface area contributed by atoms with Crippen LogP contribution in [0, 0.1) is 12.8 Å². The van der Waals surface area contributed by atoms with E-state index in [1.54, 1.807) is 0 Å². The molecule has 1 aromatic carbocycles. The molecule has 0 spiro atoms. The third-order valence-electron chi connectivity index (χ3n) is 6.62. The SMILES string of the molecule is Cc1ccccc1N1CCN(C(=O)CCSC(=O)N2CCCC3CCCC=C32)CC1. The van der Waals surface area contributed by atoms with Gasteiger partial charge in [0, 0.05) is 56.3 Å². The summed E-state index contributed by atoms with van der Waals surface area (Å²) in [7, 11) is 0. The first-order valence-corrected chi connectivity index (χ1v) is 12.3. The van der Waals surface area contributed by atoms with Crippen molar-refractivity contribution in [1.29, 1.82) is 0 Å². The lowest BCUT2D eigenvalue weighted by atomic mass is 9.85. The maximum Gasteiger partial charge on any atom is 0.285 e. The second-order valence-corrected chi connectivity index (χ2v) is 9.62. The smallest absolute Gasteiger partial charge is 0.285 e. The Labute approximate surface area is 184 Å². The number of allylic oxidation sites excluding steroid dienone is 2. The van der Waals surface area contributed by atoms with Gasteiger partial charge in [0.15, 0.2) is 0 Å². The van der Waals surface area contributed by atoms with Crippen LogP contribution < -0.4 is 4.90 Å². The Balaban J connectivity index is 1.21. The molecule has 0 saturated carbocycles. The second-order valence-electron chi connectivity index (χ2n) is 8.57.